The van der Waals surface area contributed by atoms with E-state index >= 15 is 0 Å². The monoisotopic (exact) mass is 269 g/mol. The highest BCUT2D eigenvalue weighted by Crippen LogP contribution is 2.32. The van der Waals surface area contributed by atoms with Crippen molar-refractivity contribution >= 4 is 11.8 Å². The van der Waals surface area contributed by atoms with E-state index in [1.54, 1.807) is 31.0 Å². The summed E-state index contributed by atoms with van der Waals surface area (Å²) in [7, 11) is 1.55. The first-order valence-corrected chi connectivity index (χ1v) is 7.26. The second kappa shape index (κ2) is 6.90. The highest BCUT2D eigenvalue weighted by molar-refractivity contribution is 7.99. The lowest BCUT2D eigenvalue weighted by molar-refractivity contribution is 0.372. The smallest absolute Gasteiger partial charge is 0.160 e. The van der Waals surface area contributed by atoms with Gasteiger partial charge in [0.1, 0.15) is 0 Å². The van der Waals surface area contributed by atoms with E-state index in [9.17, 15) is 5.11 Å². The van der Waals surface area contributed by atoms with Gasteiger partial charge in [0, 0.05) is 16.2 Å². The lowest BCUT2D eigenvalue weighted by atomic mass is 9.99. The fraction of sp³-hybridized carbons (Fsp3) is 0.571. The van der Waals surface area contributed by atoms with Gasteiger partial charge in [0.2, 0.25) is 0 Å². The van der Waals surface area contributed by atoms with Gasteiger partial charge in [-0.15, -0.1) is 11.8 Å². The maximum absolute atomic E-state index is 9.69. The standard InChI is InChI=1S/C14H23NO2S/c1-4-5-8-14(2,15)10-18-11-6-7-13(17-3)12(16)9-11/h6-7,9,16H,4-5,8,10,15H2,1-3H3. The molecule has 0 radical (unpaired) electrons. The molecule has 1 atom stereocenters. The molecular weight excluding hydrogens is 246 g/mol. The Morgan fingerprint density at radius 3 is 2.72 bits per heavy atom. The Balaban J connectivity index is 2.55. The van der Waals surface area contributed by atoms with Crippen LogP contribution in [0.3, 0.4) is 0 Å². The number of benzene rings is 1. The zero-order valence-corrected chi connectivity index (χ0v) is 12.2. The Morgan fingerprint density at radius 1 is 1.44 bits per heavy atom. The molecule has 0 aliphatic rings. The van der Waals surface area contributed by atoms with Crippen LogP contribution in [0, 0.1) is 0 Å². The number of unbranched alkanes of at least 4 members (excludes halogenated alkanes) is 1. The van der Waals surface area contributed by atoms with Crippen LogP contribution in [-0.4, -0.2) is 23.5 Å². The SMILES string of the molecule is CCCCC(C)(N)CSc1ccc(OC)c(O)c1. The Morgan fingerprint density at radius 2 is 2.17 bits per heavy atom. The molecule has 0 saturated carbocycles. The molecule has 1 aromatic carbocycles. The number of ether oxygens (including phenoxy) is 1. The molecule has 102 valence electrons. The summed E-state index contributed by atoms with van der Waals surface area (Å²) in [5, 5.41) is 9.69. The van der Waals surface area contributed by atoms with Crippen LogP contribution in [0.15, 0.2) is 23.1 Å². The molecule has 1 aromatic rings. The van der Waals surface area contributed by atoms with Gasteiger partial charge in [-0.1, -0.05) is 19.8 Å². The van der Waals surface area contributed by atoms with Crippen LogP contribution in [0.1, 0.15) is 33.1 Å². The second-order valence-electron chi connectivity index (χ2n) is 4.88. The normalized spacial score (nSPS) is 14.2. The Labute approximate surface area is 114 Å². The molecule has 0 heterocycles. The van der Waals surface area contributed by atoms with Crippen molar-refractivity contribution in [2.45, 2.75) is 43.5 Å². The summed E-state index contributed by atoms with van der Waals surface area (Å²) in [6, 6.07) is 5.44. The van der Waals surface area contributed by atoms with E-state index in [4.69, 9.17) is 10.5 Å². The summed E-state index contributed by atoms with van der Waals surface area (Å²) >= 11 is 1.67. The first-order chi connectivity index (χ1) is 8.48. The lowest BCUT2D eigenvalue weighted by Crippen LogP contribution is -2.38. The average Bonchev–Trinajstić information content (AvgIpc) is 2.34. The van der Waals surface area contributed by atoms with Gasteiger partial charge in [0.15, 0.2) is 11.5 Å². The minimum atomic E-state index is -0.157. The van der Waals surface area contributed by atoms with Gasteiger partial charge in [-0.2, -0.15) is 0 Å². The molecule has 0 saturated heterocycles. The fourth-order valence-electron chi connectivity index (χ4n) is 1.66. The molecule has 0 spiro atoms. The lowest BCUT2D eigenvalue weighted by Gasteiger charge is -2.24. The van der Waals surface area contributed by atoms with Crippen molar-refractivity contribution in [2.24, 2.45) is 5.73 Å². The first-order valence-electron chi connectivity index (χ1n) is 6.27. The number of phenols is 1. The number of phenolic OH excluding ortho intramolecular Hbond substituents is 1. The molecule has 0 bridgehead atoms. The molecule has 3 N–H and O–H groups in total. The Kier molecular flexibility index (Phi) is 5.82. The molecule has 0 aromatic heterocycles. The van der Waals surface area contributed by atoms with Crippen molar-refractivity contribution in [1.82, 2.24) is 0 Å². The van der Waals surface area contributed by atoms with Crippen molar-refractivity contribution in [3.05, 3.63) is 18.2 Å². The van der Waals surface area contributed by atoms with Crippen molar-refractivity contribution in [3.8, 4) is 11.5 Å². The maximum Gasteiger partial charge on any atom is 0.160 e. The molecule has 0 aliphatic carbocycles. The van der Waals surface area contributed by atoms with Gasteiger partial charge in [-0.3, -0.25) is 0 Å². The van der Waals surface area contributed by atoms with Gasteiger partial charge in [-0.25, -0.2) is 0 Å². The van der Waals surface area contributed by atoms with Crippen LogP contribution in [0.4, 0.5) is 0 Å². The number of methoxy groups -OCH3 is 1. The third kappa shape index (κ3) is 4.78. The molecule has 0 amide bonds. The molecule has 1 rings (SSSR count). The number of nitrogens with two attached hydrogens (primary N) is 1. The van der Waals surface area contributed by atoms with E-state index in [0.717, 1.165) is 23.5 Å². The van der Waals surface area contributed by atoms with E-state index in [1.165, 1.54) is 6.42 Å². The van der Waals surface area contributed by atoms with Crippen LogP contribution in [0.5, 0.6) is 11.5 Å². The average molecular weight is 269 g/mol. The molecule has 3 nitrogen and oxygen atoms in total. The van der Waals surface area contributed by atoms with Crippen LogP contribution in [0.25, 0.3) is 0 Å². The minimum absolute atomic E-state index is 0.157. The van der Waals surface area contributed by atoms with Crippen LogP contribution in [0.2, 0.25) is 0 Å². The highest BCUT2D eigenvalue weighted by atomic mass is 32.2. The van der Waals surface area contributed by atoms with Crippen molar-refractivity contribution in [3.63, 3.8) is 0 Å². The predicted molar refractivity (Wildman–Crippen MR) is 77.5 cm³/mol. The second-order valence-corrected chi connectivity index (χ2v) is 5.93. The summed E-state index contributed by atoms with van der Waals surface area (Å²) in [6.45, 7) is 4.25. The predicted octanol–water partition coefficient (Wildman–Crippen LogP) is 3.40. The summed E-state index contributed by atoms with van der Waals surface area (Å²) in [6.07, 6.45) is 3.35. The zero-order valence-electron chi connectivity index (χ0n) is 11.4. The Hall–Kier alpha value is -0.870. The van der Waals surface area contributed by atoms with E-state index in [2.05, 4.69) is 13.8 Å². The van der Waals surface area contributed by atoms with Gasteiger partial charge < -0.3 is 15.6 Å². The highest BCUT2D eigenvalue weighted by Gasteiger charge is 2.18. The van der Waals surface area contributed by atoms with Gasteiger partial charge in [0.05, 0.1) is 7.11 Å². The van der Waals surface area contributed by atoms with Crippen molar-refractivity contribution < 1.29 is 9.84 Å². The van der Waals surface area contributed by atoms with E-state index in [0.29, 0.717) is 5.75 Å². The largest absolute Gasteiger partial charge is 0.504 e. The van der Waals surface area contributed by atoms with Gasteiger partial charge in [0.25, 0.3) is 0 Å². The third-order valence-electron chi connectivity index (χ3n) is 2.82. The van der Waals surface area contributed by atoms with Crippen molar-refractivity contribution in [2.75, 3.05) is 12.9 Å². The molecular formula is C14H23NO2S. The van der Waals surface area contributed by atoms with E-state index in [-0.39, 0.29) is 11.3 Å². The van der Waals surface area contributed by atoms with E-state index in [1.807, 2.05) is 6.07 Å². The van der Waals surface area contributed by atoms with Gasteiger partial charge >= 0.3 is 0 Å². The number of thioether (sulfide) groups is 1. The topological polar surface area (TPSA) is 55.5 Å². The molecule has 0 fully saturated rings. The summed E-state index contributed by atoms with van der Waals surface area (Å²) in [5.74, 6) is 1.52. The van der Waals surface area contributed by atoms with Crippen LogP contribution in [-0.2, 0) is 0 Å². The molecule has 18 heavy (non-hydrogen) atoms. The summed E-state index contributed by atoms with van der Waals surface area (Å²) in [4.78, 5) is 1.02. The number of rotatable bonds is 7. The summed E-state index contributed by atoms with van der Waals surface area (Å²) < 4.78 is 5.01. The zero-order chi connectivity index (χ0) is 13.6. The fourth-order valence-corrected chi connectivity index (χ4v) is 2.66. The molecule has 1 unspecified atom stereocenters. The number of aromatic hydroxyl groups is 1. The maximum atomic E-state index is 9.69. The third-order valence-corrected chi connectivity index (χ3v) is 4.21. The number of hydrogen-bond donors (Lipinski definition) is 2. The molecule has 0 aliphatic heterocycles. The van der Waals surface area contributed by atoms with Crippen molar-refractivity contribution in [1.29, 1.82) is 0 Å². The van der Waals surface area contributed by atoms with E-state index < -0.39 is 0 Å². The molecule has 4 heteroatoms. The summed E-state index contributed by atoms with van der Waals surface area (Å²) in [5.41, 5.74) is 6.08. The van der Waals surface area contributed by atoms with Gasteiger partial charge in [-0.05, 0) is 31.5 Å². The minimum Gasteiger partial charge on any atom is -0.504 e. The van der Waals surface area contributed by atoms with Crippen LogP contribution < -0.4 is 10.5 Å². The quantitative estimate of drug-likeness (QED) is 0.745. The Bertz CT molecular complexity index is 380. The number of hydrogen-bond acceptors (Lipinski definition) is 4. The first kappa shape index (κ1) is 15.2. The van der Waals surface area contributed by atoms with Crippen LogP contribution >= 0.6 is 11.8 Å².